The van der Waals surface area contributed by atoms with Crippen molar-refractivity contribution in [2.24, 2.45) is 11.8 Å². The van der Waals surface area contributed by atoms with E-state index in [0.717, 1.165) is 43.6 Å². The van der Waals surface area contributed by atoms with Gasteiger partial charge in [-0.25, -0.2) is 0 Å². The Hall–Kier alpha value is -2.01. The molecule has 0 amide bonds. The van der Waals surface area contributed by atoms with Crippen LogP contribution in [-0.4, -0.2) is 43.2 Å². The molecule has 2 aliphatic rings. The van der Waals surface area contributed by atoms with Gasteiger partial charge < -0.3 is 14.5 Å². The lowest BCUT2D eigenvalue weighted by Crippen LogP contribution is -2.46. The number of nitrogens with one attached hydrogen (secondary N) is 1. The quantitative estimate of drug-likeness (QED) is 0.849. The minimum Gasteiger partial charge on any atom is -0.496 e. The number of fused-ring (bicyclic) bond motifs is 5. The Balaban J connectivity index is 1.71. The average Bonchev–Trinajstić information content (AvgIpc) is 3.06. The van der Waals surface area contributed by atoms with E-state index in [1.165, 1.54) is 23.8 Å². The molecule has 0 bridgehead atoms. The first kappa shape index (κ1) is 17.4. The molecule has 2 aliphatic heterocycles. The van der Waals surface area contributed by atoms with E-state index in [-0.39, 0.29) is 5.97 Å². The lowest BCUT2D eigenvalue weighted by Gasteiger charge is -2.46. The van der Waals surface area contributed by atoms with E-state index in [2.05, 4.69) is 22.9 Å². The molecule has 0 saturated carbocycles. The van der Waals surface area contributed by atoms with Crippen LogP contribution >= 0.6 is 0 Å². The van der Waals surface area contributed by atoms with Gasteiger partial charge in [0.2, 0.25) is 0 Å². The minimum atomic E-state index is -0.0868. The lowest BCUT2D eigenvalue weighted by molar-refractivity contribution is -0.143. The van der Waals surface area contributed by atoms with E-state index in [0.29, 0.717) is 24.3 Å². The number of hydrogen-bond acceptors (Lipinski definition) is 4. The van der Waals surface area contributed by atoms with Crippen molar-refractivity contribution in [1.82, 2.24) is 9.88 Å². The van der Waals surface area contributed by atoms with Crippen LogP contribution in [0.3, 0.4) is 0 Å². The summed E-state index contributed by atoms with van der Waals surface area (Å²) >= 11 is 0. The minimum absolute atomic E-state index is 0.0868. The highest BCUT2D eigenvalue weighted by Gasteiger charge is 2.40. The summed E-state index contributed by atoms with van der Waals surface area (Å²) in [4.78, 5) is 18.2. The predicted octanol–water partition coefficient (Wildman–Crippen LogP) is 3.68. The molecule has 2 aromatic rings. The summed E-state index contributed by atoms with van der Waals surface area (Å²) in [6.45, 7) is 4.37. The zero-order valence-electron chi connectivity index (χ0n) is 15.9. The van der Waals surface area contributed by atoms with Crippen molar-refractivity contribution < 1.29 is 14.3 Å². The van der Waals surface area contributed by atoms with Gasteiger partial charge in [0, 0.05) is 36.1 Å². The first-order chi connectivity index (χ1) is 12.7. The van der Waals surface area contributed by atoms with Crippen LogP contribution in [0.5, 0.6) is 5.75 Å². The van der Waals surface area contributed by atoms with Crippen LogP contribution in [0.4, 0.5) is 0 Å². The Morgan fingerprint density at radius 1 is 1.31 bits per heavy atom. The fourth-order valence-electron chi connectivity index (χ4n) is 5.03. The van der Waals surface area contributed by atoms with Crippen LogP contribution < -0.4 is 4.74 Å². The maximum absolute atomic E-state index is 11.9. The third kappa shape index (κ3) is 2.78. The highest BCUT2D eigenvalue weighted by Crippen LogP contribution is 2.45. The van der Waals surface area contributed by atoms with Crippen molar-refractivity contribution in [2.45, 2.75) is 38.6 Å². The molecular weight excluding hydrogens is 328 g/mol. The summed E-state index contributed by atoms with van der Waals surface area (Å²) in [5.74, 6) is 1.80. The molecule has 0 radical (unpaired) electrons. The van der Waals surface area contributed by atoms with Gasteiger partial charge in [-0.2, -0.15) is 0 Å². The molecule has 1 N–H and O–H groups in total. The fraction of sp³-hybridized carbons (Fsp3) is 0.571. The molecule has 140 valence electrons. The number of aromatic amines is 1. The maximum atomic E-state index is 11.9. The Morgan fingerprint density at radius 2 is 2.15 bits per heavy atom. The molecule has 1 saturated heterocycles. The van der Waals surface area contributed by atoms with Crippen LogP contribution in [0.25, 0.3) is 10.9 Å². The number of esters is 1. The van der Waals surface area contributed by atoms with E-state index in [4.69, 9.17) is 9.47 Å². The van der Waals surface area contributed by atoms with E-state index in [1.54, 1.807) is 7.11 Å². The lowest BCUT2D eigenvalue weighted by atomic mass is 9.76. The summed E-state index contributed by atoms with van der Waals surface area (Å²) in [7, 11) is 3.23. The molecule has 3 heterocycles. The number of methoxy groups -OCH3 is 2. The van der Waals surface area contributed by atoms with Gasteiger partial charge in [0.15, 0.2) is 0 Å². The molecule has 3 atom stereocenters. The van der Waals surface area contributed by atoms with Gasteiger partial charge in [-0.15, -0.1) is 0 Å². The number of carbonyl (C=O) groups excluding carboxylic acids is 1. The van der Waals surface area contributed by atoms with Gasteiger partial charge in [0.25, 0.3) is 0 Å². The standard InChI is InChI=1S/C21H28N2O3/c1-4-13-12-23-9-8-15-20-16(6-5-7-18(20)25-2)22-21(15)17(23)10-14(13)11-19(24)26-3/h5-7,13-14,17,22H,4,8-12H2,1-3H3/t13-,14?,17-/m0/s1. The molecule has 1 aromatic carbocycles. The number of hydrogen-bond donors (Lipinski definition) is 1. The highest BCUT2D eigenvalue weighted by molar-refractivity contribution is 5.91. The van der Waals surface area contributed by atoms with Crippen LogP contribution in [0.15, 0.2) is 18.2 Å². The zero-order valence-corrected chi connectivity index (χ0v) is 15.9. The van der Waals surface area contributed by atoms with Crippen molar-refractivity contribution >= 4 is 16.9 Å². The second kappa shape index (κ2) is 6.95. The van der Waals surface area contributed by atoms with Gasteiger partial charge in [0.05, 0.1) is 20.3 Å². The largest absolute Gasteiger partial charge is 0.496 e. The third-order valence-electron chi connectivity index (χ3n) is 6.41. The van der Waals surface area contributed by atoms with Crippen molar-refractivity contribution in [1.29, 1.82) is 0 Å². The first-order valence-electron chi connectivity index (χ1n) is 9.64. The summed E-state index contributed by atoms with van der Waals surface area (Å²) < 4.78 is 10.6. The Morgan fingerprint density at radius 3 is 2.88 bits per heavy atom. The van der Waals surface area contributed by atoms with Gasteiger partial charge >= 0.3 is 5.97 Å². The molecule has 5 heteroatoms. The van der Waals surface area contributed by atoms with Crippen molar-refractivity contribution in [3.63, 3.8) is 0 Å². The number of benzene rings is 1. The maximum Gasteiger partial charge on any atom is 0.305 e. The summed E-state index contributed by atoms with van der Waals surface area (Å²) in [6.07, 6.45) is 3.69. The number of aromatic nitrogens is 1. The van der Waals surface area contributed by atoms with Crippen molar-refractivity contribution in [2.75, 3.05) is 27.3 Å². The predicted molar refractivity (Wildman–Crippen MR) is 101 cm³/mol. The van der Waals surface area contributed by atoms with Crippen LogP contribution in [0.2, 0.25) is 0 Å². The first-order valence-corrected chi connectivity index (χ1v) is 9.64. The SMILES string of the molecule is CC[C@H]1CN2CCc3c([nH]c4cccc(OC)c34)[C@@H]2CC1CC(=O)OC. The molecule has 0 spiro atoms. The normalized spacial score (nSPS) is 25.6. The molecule has 1 unspecified atom stereocenters. The summed E-state index contributed by atoms with van der Waals surface area (Å²) in [5.41, 5.74) is 3.86. The number of nitrogens with zero attached hydrogens (tertiary/aromatic N) is 1. The number of carbonyl (C=O) groups is 1. The molecule has 0 aliphatic carbocycles. The molecule has 5 nitrogen and oxygen atoms in total. The van der Waals surface area contributed by atoms with E-state index >= 15 is 0 Å². The number of piperidine rings is 1. The summed E-state index contributed by atoms with van der Waals surface area (Å²) in [6, 6.07) is 6.56. The second-order valence-corrected chi connectivity index (χ2v) is 7.61. The second-order valence-electron chi connectivity index (χ2n) is 7.61. The van der Waals surface area contributed by atoms with E-state index in [9.17, 15) is 4.79 Å². The van der Waals surface area contributed by atoms with Gasteiger partial charge in [-0.05, 0) is 42.4 Å². The monoisotopic (exact) mass is 356 g/mol. The number of ether oxygens (including phenoxy) is 2. The van der Waals surface area contributed by atoms with Gasteiger partial charge in [-0.1, -0.05) is 19.4 Å². The van der Waals surface area contributed by atoms with E-state index in [1.807, 2.05) is 12.1 Å². The number of H-pyrrole nitrogens is 1. The fourth-order valence-corrected chi connectivity index (χ4v) is 5.03. The molecule has 4 rings (SSSR count). The van der Waals surface area contributed by atoms with Crippen molar-refractivity contribution in [3.8, 4) is 5.75 Å². The molecular formula is C21H28N2O3. The van der Waals surface area contributed by atoms with Crippen molar-refractivity contribution in [3.05, 3.63) is 29.5 Å². The van der Waals surface area contributed by atoms with Crippen LogP contribution in [-0.2, 0) is 16.0 Å². The molecule has 26 heavy (non-hydrogen) atoms. The Labute approximate surface area is 154 Å². The number of rotatable bonds is 4. The topological polar surface area (TPSA) is 54.6 Å². The zero-order chi connectivity index (χ0) is 18.3. The Bertz CT molecular complexity index is 813. The molecule has 1 aromatic heterocycles. The average molecular weight is 356 g/mol. The molecule has 1 fully saturated rings. The summed E-state index contributed by atoms with van der Waals surface area (Å²) in [5, 5.41) is 1.23. The van der Waals surface area contributed by atoms with Gasteiger partial charge in [0.1, 0.15) is 5.75 Å². The third-order valence-corrected chi connectivity index (χ3v) is 6.41. The smallest absolute Gasteiger partial charge is 0.305 e. The van der Waals surface area contributed by atoms with Crippen LogP contribution in [0.1, 0.15) is 43.5 Å². The van der Waals surface area contributed by atoms with Gasteiger partial charge in [-0.3, -0.25) is 9.69 Å². The highest BCUT2D eigenvalue weighted by atomic mass is 16.5. The Kier molecular flexibility index (Phi) is 4.65. The van der Waals surface area contributed by atoms with E-state index < -0.39 is 0 Å². The van der Waals surface area contributed by atoms with Crippen LogP contribution in [0, 0.1) is 11.8 Å².